The van der Waals surface area contributed by atoms with E-state index >= 15 is 0 Å². The Morgan fingerprint density at radius 1 is 0.615 bits per heavy atom. The van der Waals surface area contributed by atoms with E-state index in [0.717, 1.165) is 9.81 Å². The number of rotatable bonds is 6. The van der Waals surface area contributed by atoms with E-state index in [0.29, 0.717) is 5.41 Å². The SMILES string of the molecule is CC(C)(C)c1pp(C([Si](C)(C)C)[Si](C)(C)C)p1C([Si](C)(C)C)[Si](C)(C)C. The molecule has 0 saturated heterocycles. The van der Waals surface area contributed by atoms with E-state index in [-0.39, 0.29) is 14.1 Å². The largest absolute Gasteiger partial charge is 0.0939 e. The van der Waals surface area contributed by atoms with Crippen LogP contribution in [0.3, 0.4) is 0 Å². The summed E-state index contributed by atoms with van der Waals surface area (Å²) < 4.78 is 0. The quantitative estimate of drug-likeness (QED) is 0.355. The Labute approximate surface area is 173 Å². The summed E-state index contributed by atoms with van der Waals surface area (Å²) in [7, 11) is -2.62. The van der Waals surface area contributed by atoms with Gasteiger partial charge in [-0.25, -0.2) is 0 Å². The van der Waals surface area contributed by atoms with Gasteiger partial charge in [0.2, 0.25) is 0 Å². The molecule has 1 aromatic heterocycles. The molecule has 2 unspecified atom stereocenters. The fraction of sp³-hybridized carbons (Fsp3) is 0.947. The normalized spacial score (nSPS) is 17.1. The van der Waals surface area contributed by atoms with Gasteiger partial charge in [0.05, 0.1) is 32.3 Å². The molecular weight excluding hydrogens is 433 g/mol. The molecule has 0 aliphatic carbocycles. The maximum Gasteiger partial charge on any atom is 0.0540 e. The van der Waals surface area contributed by atoms with Crippen LogP contribution < -0.4 is 0 Å². The smallest absolute Gasteiger partial charge is 0.0540 e. The summed E-state index contributed by atoms with van der Waals surface area (Å²) in [5, 5.41) is 2.01. The summed E-state index contributed by atoms with van der Waals surface area (Å²) in [6.45, 7) is 40.1. The molecule has 0 bridgehead atoms. The molecule has 0 aromatic carbocycles. The van der Waals surface area contributed by atoms with Crippen molar-refractivity contribution in [2.75, 3.05) is 0 Å². The van der Waals surface area contributed by atoms with Crippen molar-refractivity contribution in [2.24, 2.45) is 0 Å². The summed E-state index contributed by atoms with van der Waals surface area (Å²) in [6, 6.07) is 0. The lowest BCUT2D eigenvalue weighted by atomic mass is 10.0. The molecule has 0 radical (unpaired) electrons. The van der Waals surface area contributed by atoms with Crippen LogP contribution in [0.2, 0.25) is 78.6 Å². The van der Waals surface area contributed by atoms with Gasteiger partial charge in [-0.1, -0.05) is 113 Å². The third-order valence-corrected chi connectivity index (χ3v) is 51.5. The Bertz CT molecular complexity index is 583. The fourth-order valence-electron chi connectivity index (χ4n) is 5.19. The maximum atomic E-state index is 2.69. The zero-order chi connectivity index (χ0) is 21.1. The molecule has 1 aromatic rings. The van der Waals surface area contributed by atoms with Crippen LogP contribution in [0.5, 0.6) is 0 Å². The molecule has 0 aliphatic heterocycles. The van der Waals surface area contributed by atoms with Crippen LogP contribution in [0, 0.1) is 0 Å². The molecule has 0 spiro atoms. The van der Waals surface area contributed by atoms with Gasteiger partial charge in [-0.05, 0) is 23.1 Å². The lowest BCUT2D eigenvalue weighted by Gasteiger charge is -2.49. The average molecular weight is 481 g/mol. The third-order valence-electron chi connectivity index (χ3n) is 5.06. The van der Waals surface area contributed by atoms with E-state index in [9.17, 15) is 0 Å². The Balaban J connectivity index is 3.80. The third kappa shape index (κ3) is 5.84. The van der Waals surface area contributed by atoms with Gasteiger partial charge >= 0.3 is 0 Å². The van der Waals surface area contributed by atoms with Crippen molar-refractivity contribution in [1.82, 2.24) is 0 Å². The predicted molar refractivity (Wildman–Crippen MR) is 145 cm³/mol. The molecule has 2 atom stereocenters. The highest BCUT2D eigenvalue weighted by Gasteiger charge is 2.48. The second-order valence-corrected chi connectivity index (χ2v) is 47.2. The Hall–Kier alpha value is 1.64. The van der Waals surface area contributed by atoms with E-state index in [1.807, 2.05) is 12.9 Å². The van der Waals surface area contributed by atoms with Gasteiger partial charge in [0.25, 0.3) is 0 Å². The molecule has 0 N–H and O–H groups in total. The van der Waals surface area contributed by atoms with Gasteiger partial charge in [-0.3, -0.25) is 0 Å². The summed E-state index contributed by atoms with van der Waals surface area (Å²) in [5.74, 6) is 0. The summed E-state index contributed by atoms with van der Waals surface area (Å²) in [5.41, 5.74) is 0.424. The highest BCUT2D eigenvalue weighted by Crippen LogP contribution is 2.82. The van der Waals surface area contributed by atoms with Crippen molar-refractivity contribution in [2.45, 2.75) is 115 Å². The van der Waals surface area contributed by atoms with Crippen molar-refractivity contribution >= 4 is 54.3 Å². The molecule has 7 heteroatoms. The van der Waals surface area contributed by atoms with Crippen molar-refractivity contribution in [3.63, 3.8) is 0 Å². The maximum absolute atomic E-state index is 2.69. The average Bonchev–Trinajstić information content (AvgIpc) is 2.22. The van der Waals surface area contributed by atoms with Crippen molar-refractivity contribution in [3.8, 4) is 0 Å². The second-order valence-electron chi connectivity index (χ2n) is 13.6. The highest BCUT2D eigenvalue weighted by atomic mass is 32.2. The van der Waals surface area contributed by atoms with Crippen molar-refractivity contribution in [1.29, 1.82) is 0 Å². The van der Waals surface area contributed by atoms with Crippen molar-refractivity contribution < 1.29 is 0 Å². The van der Waals surface area contributed by atoms with E-state index in [4.69, 9.17) is 0 Å². The van der Waals surface area contributed by atoms with Crippen molar-refractivity contribution in [3.05, 3.63) is 5.03 Å². The second kappa shape index (κ2) is 7.72. The van der Waals surface area contributed by atoms with Crippen LogP contribution in [0.15, 0.2) is 0 Å². The summed E-state index contributed by atoms with van der Waals surface area (Å²) >= 11 is 0. The predicted octanol–water partition coefficient (Wildman–Crippen LogP) is 10.1. The van der Waals surface area contributed by atoms with Crippen LogP contribution in [-0.2, 0) is 5.41 Å². The standard InChI is InChI=1S/C19H47P3Si4/c1-19(2,3)16-20-22(18(25(10,11)12)26(13,14)15)21(16)17(23(4,5)6)24(7,8)9/h17-18H,1-15H3. The number of hydrogen-bond donors (Lipinski definition) is 0. The van der Waals surface area contributed by atoms with Crippen LogP contribution in [0.1, 0.15) is 35.6 Å². The monoisotopic (exact) mass is 480 g/mol. The lowest BCUT2D eigenvalue weighted by molar-refractivity contribution is 0.614. The Kier molecular flexibility index (Phi) is 7.62. The van der Waals surface area contributed by atoms with Crippen LogP contribution in [0.4, 0.5) is 0 Å². The molecule has 0 amide bonds. The molecular formula is C19H47P3Si4. The molecule has 0 nitrogen and oxygen atoms in total. The first-order valence-electron chi connectivity index (χ1n) is 10.3. The Morgan fingerprint density at radius 2 is 0.923 bits per heavy atom. The molecule has 0 fully saturated rings. The first-order chi connectivity index (χ1) is 11.1. The topological polar surface area (TPSA) is 0 Å². The van der Waals surface area contributed by atoms with Gasteiger partial charge in [0, 0.05) is 5.03 Å². The fourth-order valence-corrected chi connectivity index (χ4v) is 77.0. The summed E-state index contributed by atoms with van der Waals surface area (Å²) in [6.07, 6.45) is 0. The lowest BCUT2D eigenvalue weighted by Crippen LogP contribution is -2.46. The van der Waals surface area contributed by atoms with Crippen LogP contribution in [0.25, 0.3) is 0 Å². The first kappa shape index (κ1) is 25.7. The van der Waals surface area contributed by atoms with Gasteiger partial charge in [0.15, 0.2) is 0 Å². The summed E-state index contributed by atoms with van der Waals surface area (Å²) in [4.78, 5) is 2.25. The van der Waals surface area contributed by atoms with E-state index in [1.54, 1.807) is 0 Å². The van der Waals surface area contributed by atoms with Gasteiger partial charge < -0.3 is 0 Å². The van der Waals surface area contributed by atoms with Gasteiger partial charge in [-0.15, -0.1) is 0 Å². The number of hydrogen-bond acceptors (Lipinski definition) is 0. The minimum absolute atomic E-state index is 0.142. The van der Waals surface area contributed by atoms with Crippen LogP contribution >= 0.6 is 22.0 Å². The first-order valence-corrected chi connectivity index (χ1v) is 29.7. The molecule has 1 rings (SSSR count). The highest BCUT2D eigenvalue weighted by molar-refractivity contribution is 8.38. The minimum Gasteiger partial charge on any atom is -0.0939 e. The molecule has 154 valence electrons. The molecule has 0 aliphatic rings. The van der Waals surface area contributed by atoms with E-state index in [1.165, 1.54) is 0 Å². The van der Waals surface area contributed by atoms with Gasteiger partial charge in [-0.2, -0.15) is 0 Å². The zero-order valence-corrected chi connectivity index (χ0v) is 27.2. The van der Waals surface area contributed by atoms with E-state index < -0.39 is 32.3 Å². The molecule has 1 heterocycles. The Morgan fingerprint density at radius 3 is 1.15 bits per heavy atom. The molecule has 26 heavy (non-hydrogen) atoms. The molecule has 0 saturated carbocycles. The van der Waals surface area contributed by atoms with Crippen LogP contribution in [-0.4, -0.2) is 32.3 Å². The zero-order valence-electron chi connectivity index (χ0n) is 20.5. The van der Waals surface area contributed by atoms with E-state index in [2.05, 4.69) is 99.3 Å². The minimum atomic E-state index is -1.17. The van der Waals surface area contributed by atoms with Gasteiger partial charge in [0.1, 0.15) is 0 Å².